The lowest BCUT2D eigenvalue weighted by atomic mass is 9.45. The van der Waals surface area contributed by atoms with Gasteiger partial charge in [0, 0.05) is 17.5 Å². The number of benzene rings is 2. The summed E-state index contributed by atoms with van der Waals surface area (Å²) in [5.41, 5.74) is 10.2. The van der Waals surface area contributed by atoms with Crippen LogP contribution in [0.15, 0.2) is 60.7 Å². The van der Waals surface area contributed by atoms with Gasteiger partial charge in [-0.1, -0.05) is 63.3 Å². The van der Waals surface area contributed by atoms with Crippen LogP contribution in [0.2, 0.25) is 0 Å². The number of hydroxylamine groups is 2. The lowest BCUT2D eigenvalue weighted by Crippen LogP contribution is -2.62. The summed E-state index contributed by atoms with van der Waals surface area (Å²) in [5.74, 6) is 1.35. The van der Waals surface area contributed by atoms with E-state index in [2.05, 4.69) is 38.7 Å². The van der Waals surface area contributed by atoms with Crippen LogP contribution < -0.4 is 11.1 Å². The largest absolute Gasteiger partial charge is 0.366 e. The van der Waals surface area contributed by atoms with Crippen molar-refractivity contribution in [2.75, 3.05) is 6.61 Å². The third kappa shape index (κ3) is 4.73. The van der Waals surface area contributed by atoms with Crippen molar-refractivity contribution in [3.8, 4) is 11.1 Å². The first kappa shape index (κ1) is 25.7. The van der Waals surface area contributed by atoms with E-state index in [9.17, 15) is 9.59 Å². The van der Waals surface area contributed by atoms with Gasteiger partial charge < -0.3 is 11.1 Å². The predicted molar refractivity (Wildman–Crippen MR) is 145 cm³/mol. The summed E-state index contributed by atoms with van der Waals surface area (Å²) in [6.07, 6.45) is 2.33. The monoisotopic (exact) mass is 501 g/mol. The summed E-state index contributed by atoms with van der Waals surface area (Å²) >= 11 is 0. The number of amides is 2. The summed E-state index contributed by atoms with van der Waals surface area (Å²) < 4.78 is 0. The van der Waals surface area contributed by atoms with Gasteiger partial charge >= 0.3 is 0 Å². The molecule has 0 radical (unpaired) electrons. The first-order valence-corrected chi connectivity index (χ1v) is 13.4. The molecule has 196 valence electrons. The van der Waals surface area contributed by atoms with E-state index in [0.29, 0.717) is 41.9 Å². The molecule has 6 atom stereocenters. The number of rotatable bonds is 7. The van der Waals surface area contributed by atoms with Gasteiger partial charge in [0.15, 0.2) is 0 Å². The van der Waals surface area contributed by atoms with Crippen LogP contribution >= 0.6 is 0 Å². The lowest BCUT2D eigenvalue weighted by molar-refractivity contribution is -0.161. The normalized spacial score (nSPS) is 30.4. The minimum atomic E-state index is -0.448. The molecule has 6 nitrogen and oxygen atoms in total. The van der Waals surface area contributed by atoms with E-state index in [1.54, 1.807) is 12.1 Å². The summed E-state index contributed by atoms with van der Waals surface area (Å²) in [4.78, 5) is 31.5. The van der Waals surface area contributed by atoms with Crippen molar-refractivity contribution in [1.82, 2.24) is 10.4 Å². The zero-order valence-electron chi connectivity index (χ0n) is 22.4. The number of nitrogens with zero attached hydrogens (tertiary/aromatic N) is 1. The smallest absolute Gasteiger partial charge is 0.248 e. The van der Waals surface area contributed by atoms with E-state index in [1.165, 1.54) is 6.42 Å². The zero-order valence-corrected chi connectivity index (χ0v) is 22.4. The van der Waals surface area contributed by atoms with Crippen LogP contribution in [-0.2, 0) is 16.2 Å². The second-order valence-electron chi connectivity index (χ2n) is 12.0. The van der Waals surface area contributed by atoms with E-state index >= 15 is 0 Å². The number of nitrogens with two attached hydrogens (primary N) is 1. The standard InChI is InChI=1S/C31H39N3O3/c1-18(2)25-17-37-34(28(25)30(36)33-27-15-24-14-26(19(27)3)31(24,4)5)16-20-8-6-9-21(12-20)22-10-7-11-23(13-22)29(32)35/h6-13,19,24-28H,1,14-17H2,2-5H3,(H2,32,35)(H,33,36)/t19-,24+,25-,26-,27-,28-/m0/s1. The van der Waals surface area contributed by atoms with E-state index < -0.39 is 11.9 Å². The Morgan fingerprint density at radius 2 is 1.84 bits per heavy atom. The summed E-state index contributed by atoms with van der Waals surface area (Å²) in [6, 6.07) is 15.2. The van der Waals surface area contributed by atoms with Gasteiger partial charge in [-0.25, -0.2) is 0 Å². The fraction of sp³-hybridized carbons (Fsp3) is 0.484. The molecule has 0 spiro atoms. The topological polar surface area (TPSA) is 84.7 Å². The Balaban J connectivity index is 1.33. The zero-order chi connectivity index (χ0) is 26.5. The van der Waals surface area contributed by atoms with Crippen molar-refractivity contribution in [3.63, 3.8) is 0 Å². The Kier molecular flexibility index (Phi) is 6.75. The average Bonchev–Trinajstić information content (AvgIpc) is 3.29. The Morgan fingerprint density at radius 3 is 2.49 bits per heavy atom. The molecule has 1 aliphatic heterocycles. The van der Waals surface area contributed by atoms with Crippen LogP contribution in [0, 0.1) is 29.1 Å². The quantitative estimate of drug-likeness (QED) is 0.526. The van der Waals surface area contributed by atoms with Crippen LogP contribution in [0.4, 0.5) is 0 Å². The van der Waals surface area contributed by atoms with Crippen LogP contribution in [0.25, 0.3) is 11.1 Å². The number of primary amides is 1. The molecule has 0 aromatic heterocycles. The molecule has 3 aliphatic carbocycles. The van der Waals surface area contributed by atoms with E-state index in [4.69, 9.17) is 10.6 Å². The average molecular weight is 502 g/mol. The molecule has 3 saturated carbocycles. The van der Waals surface area contributed by atoms with Gasteiger partial charge in [0.2, 0.25) is 11.8 Å². The van der Waals surface area contributed by atoms with Crippen LogP contribution in [0.3, 0.4) is 0 Å². The predicted octanol–water partition coefficient (Wildman–Crippen LogP) is 4.95. The van der Waals surface area contributed by atoms with Gasteiger partial charge in [-0.05, 0) is 77.8 Å². The Morgan fingerprint density at radius 1 is 1.14 bits per heavy atom. The second-order valence-corrected chi connectivity index (χ2v) is 12.0. The summed E-state index contributed by atoms with van der Waals surface area (Å²) in [6.45, 7) is 14.1. The summed E-state index contributed by atoms with van der Waals surface area (Å²) in [7, 11) is 0. The molecule has 37 heavy (non-hydrogen) atoms. The molecule has 3 N–H and O–H groups in total. The number of nitrogens with one attached hydrogen (secondary N) is 1. The van der Waals surface area contributed by atoms with Crippen molar-refractivity contribution >= 4 is 11.8 Å². The summed E-state index contributed by atoms with van der Waals surface area (Å²) in [5, 5.41) is 5.24. The molecule has 1 heterocycles. The Labute approximate surface area is 220 Å². The van der Waals surface area contributed by atoms with Gasteiger partial charge in [0.1, 0.15) is 6.04 Å². The molecule has 4 aliphatic rings. The molecule has 2 amide bonds. The van der Waals surface area contributed by atoms with E-state index in [1.807, 2.05) is 42.3 Å². The Bertz CT molecular complexity index is 1220. The highest BCUT2D eigenvalue weighted by Gasteiger charge is 2.56. The fourth-order valence-electron chi connectivity index (χ4n) is 6.91. The van der Waals surface area contributed by atoms with Gasteiger partial charge in [-0.15, -0.1) is 0 Å². The van der Waals surface area contributed by atoms with Crippen molar-refractivity contribution < 1.29 is 14.4 Å². The molecule has 2 bridgehead atoms. The van der Waals surface area contributed by atoms with Crippen molar-refractivity contribution in [2.45, 2.75) is 59.2 Å². The minimum absolute atomic E-state index is 0.0340. The van der Waals surface area contributed by atoms with Gasteiger partial charge in [0.05, 0.1) is 13.2 Å². The molecule has 6 rings (SSSR count). The highest BCUT2D eigenvalue weighted by molar-refractivity contribution is 5.94. The lowest BCUT2D eigenvalue weighted by Gasteiger charge is -2.62. The highest BCUT2D eigenvalue weighted by atomic mass is 16.7. The first-order chi connectivity index (χ1) is 17.6. The number of hydrogen-bond donors (Lipinski definition) is 2. The fourth-order valence-corrected chi connectivity index (χ4v) is 6.91. The Hall–Kier alpha value is -2.96. The SMILES string of the molecule is C=C(C)[C@@H]1CON(Cc2cccc(-c3cccc(C(N)=O)c3)c2)[C@@H]1C(=O)N[C@H]1C[C@H]2C[C@@H]([C@@H]1C)C2(C)C. The molecule has 2 aromatic carbocycles. The number of carbonyl (C=O) groups is 2. The molecule has 2 aromatic rings. The maximum atomic E-state index is 13.7. The van der Waals surface area contributed by atoms with Crippen LogP contribution in [-0.4, -0.2) is 35.6 Å². The molecule has 1 saturated heterocycles. The van der Waals surface area contributed by atoms with E-state index in [-0.39, 0.29) is 17.9 Å². The van der Waals surface area contributed by atoms with Crippen LogP contribution in [0.1, 0.15) is 56.5 Å². The first-order valence-electron chi connectivity index (χ1n) is 13.4. The number of fused-ring (bicyclic) bond motifs is 2. The van der Waals surface area contributed by atoms with Gasteiger partial charge in [-0.2, -0.15) is 5.06 Å². The third-order valence-corrected chi connectivity index (χ3v) is 9.44. The maximum Gasteiger partial charge on any atom is 0.248 e. The van der Waals surface area contributed by atoms with Crippen molar-refractivity contribution in [3.05, 3.63) is 71.8 Å². The van der Waals surface area contributed by atoms with Gasteiger partial charge in [0.25, 0.3) is 0 Å². The maximum absolute atomic E-state index is 13.7. The third-order valence-electron chi connectivity index (χ3n) is 9.44. The van der Waals surface area contributed by atoms with Crippen molar-refractivity contribution in [1.29, 1.82) is 0 Å². The molecule has 4 fully saturated rings. The molecule has 0 unspecified atom stereocenters. The minimum Gasteiger partial charge on any atom is -0.366 e. The molecular weight excluding hydrogens is 462 g/mol. The molecule has 6 heteroatoms. The highest BCUT2D eigenvalue weighted by Crippen LogP contribution is 2.61. The van der Waals surface area contributed by atoms with Gasteiger partial charge in [-0.3, -0.25) is 14.4 Å². The van der Waals surface area contributed by atoms with Crippen molar-refractivity contribution in [2.24, 2.45) is 34.8 Å². The second kappa shape index (κ2) is 9.73. The number of hydrogen-bond acceptors (Lipinski definition) is 4. The number of carbonyl (C=O) groups excluding carboxylic acids is 2. The molecular formula is C31H39N3O3. The van der Waals surface area contributed by atoms with E-state index in [0.717, 1.165) is 28.7 Å². The van der Waals surface area contributed by atoms with Crippen LogP contribution in [0.5, 0.6) is 0 Å².